The number of aryl methyl sites for hydroxylation is 1. The highest BCUT2D eigenvalue weighted by Gasteiger charge is 2.12. The maximum atomic E-state index is 9.89. The van der Waals surface area contributed by atoms with Crippen molar-refractivity contribution in [1.29, 1.82) is 0 Å². The molecule has 104 valence electrons. The lowest BCUT2D eigenvalue weighted by molar-refractivity contribution is 0.104. The van der Waals surface area contributed by atoms with Crippen molar-refractivity contribution in [3.8, 4) is 5.75 Å². The molecule has 0 saturated heterocycles. The van der Waals surface area contributed by atoms with Gasteiger partial charge in [-0.1, -0.05) is 31.2 Å². The molecule has 2 N–H and O–H groups in total. The molecule has 0 radical (unpaired) electrons. The predicted molar refractivity (Wildman–Crippen MR) is 77.5 cm³/mol. The largest absolute Gasteiger partial charge is 0.491 e. The van der Waals surface area contributed by atoms with Crippen LogP contribution in [0, 0.1) is 0 Å². The number of benzene rings is 1. The first-order chi connectivity index (χ1) is 9.28. The van der Waals surface area contributed by atoms with Crippen LogP contribution in [0.5, 0.6) is 5.75 Å². The highest BCUT2D eigenvalue weighted by Crippen LogP contribution is 2.14. The van der Waals surface area contributed by atoms with Crippen molar-refractivity contribution in [3.63, 3.8) is 0 Å². The van der Waals surface area contributed by atoms with Gasteiger partial charge in [-0.2, -0.15) is 0 Å². The second-order valence-electron chi connectivity index (χ2n) is 5.01. The maximum absolute atomic E-state index is 9.89. The summed E-state index contributed by atoms with van der Waals surface area (Å²) < 4.78 is 5.62. The summed E-state index contributed by atoms with van der Waals surface area (Å²) in [6.45, 7) is 3.04. The van der Waals surface area contributed by atoms with Crippen molar-refractivity contribution < 1.29 is 9.84 Å². The maximum Gasteiger partial charge on any atom is 0.119 e. The molecule has 0 amide bonds. The van der Waals surface area contributed by atoms with Gasteiger partial charge in [0.25, 0.3) is 0 Å². The van der Waals surface area contributed by atoms with E-state index in [2.05, 4.69) is 30.5 Å². The van der Waals surface area contributed by atoms with Crippen LogP contribution < -0.4 is 10.1 Å². The van der Waals surface area contributed by atoms with E-state index in [9.17, 15) is 5.11 Å². The molecule has 1 aromatic rings. The highest BCUT2D eigenvalue weighted by atomic mass is 16.5. The first-order valence-electron chi connectivity index (χ1n) is 7.06. The van der Waals surface area contributed by atoms with E-state index in [0.717, 1.165) is 25.0 Å². The fraction of sp³-hybridized carbons (Fsp3) is 0.500. The zero-order valence-electron chi connectivity index (χ0n) is 11.5. The minimum atomic E-state index is -0.467. The molecular formula is C16H23NO2. The number of nitrogens with one attached hydrogen (secondary N) is 1. The molecule has 0 heterocycles. The monoisotopic (exact) mass is 261 g/mol. The van der Waals surface area contributed by atoms with Gasteiger partial charge in [0.15, 0.2) is 0 Å². The third kappa shape index (κ3) is 4.69. The van der Waals surface area contributed by atoms with E-state index in [-0.39, 0.29) is 0 Å². The third-order valence-corrected chi connectivity index (χ3v) is 3.40. The van der Waals surface area contributed by atoms with E-state index >= 15 is 0 Å². The summed E-state index contributed by atoms with van der Waals surface area (Å²) in [5.74, 6) is 0.834. The number of rotatable bonds is 7. The second-order valence-corrected chi connectivity index (χ2v) is 5.01. The molecule has 2 rings (SSSR count). The molecule has 0 fully saturated rings. The topological polar surface area (TPSA) is 41.5 Å². The molecule has 0 spiro atoms. The summed E-state index contributed by atoms with van der Waals surface area (Å²) in [4.78, 5) is 0. The van der Waals surface area contributed by atoms with Gasteiger partial charge in [-0.3, -0.25) is 0 Å². The standard InChI is InChI=1S/C16H23NO2/c1-2-13-6-5-9-16(10-13)19-12-15(18)11-17-14-7-3-4-8-14/h3-6,9-10,14-15,17-18H,2,7-8,11-12H2,1H3. The molecule has 3 nitrogen and oxygen atoms in total. The van der Waals surface area contributed by atoms with Crippen molar-refractivity contribution in [2.24, 2.45) is 0 Å². The minimum absolute atomic E-state index is 0.334. The molecule has 0 aromatic heterocycles. The normalized spacial score (nSPS) is 16.7. The number of aliphatic hydroxyl groups is 1. The van der Waals surface area contributed by atoms with Gasteiger partial charge in [0, 0.05) is 12.6 Å². The molecule has 1 aromatic carbocycles. The van der Waals surface area contributed by atoms with Crippen molar-refractivity contribution in [1.82, 2.24) is 5.32 Å². The lowest BCUT2D eigenvalue weighted by Crippen LogP contribution is -2.36. The van der Waals surface area contributed by atoms with E-state index in [1.165, 1.54) is 5.56 Å². The number of hydrogen-bond acceptors (Lipinski definition) is 3. The number of ether oxygens (including phenoxy) is 1. The Bertz CT molecular complexity index is 409. The van der Waals surface area contributed by atoms with Crippen LogP contribution in [-0.2, 0) is 6.42 Å². The Labute approximate surface area is 115 Å². The van der Waals surface area contributed by atoms with Gasteiger partial charge in [-0.15, -0.1) is 0 Å². The molecular weight excluding hydrogens is 238 g/mol. The number of aliphatic hydroxyl groups excluding tert-OH is 1. The van der Waals surface area contributed by atoms with Crippen molar-refractivity contribution in [3.05, 3.63) is 42.0 Å². The second kappa shape index (κ2) is 7.31. The van der Waals surface area contributed by atoms with E-state index < -0.39 is 6.10 Å². The first-order valence-corrected chi connectivity index (χ1v) is 7.06. The fourth-order valence-corrected chi connectivity index (χ4v) is 2.19. The molecule has 3 heteroatoms. The molecule has 19 heavy (non-hydrogen) atoms. The molecule has 0 bridgehead atoms. The van der Waals surface area contributed by atoms with E-state index in [1.54, 1.807) is 0 Å². The van der Waals surface area contributed by atoms with Crippen LogP contribution in [0.15, 0.2) is 36.4 Å². The molecule has 1 aliphatic rings. The van der Waals surface area contributed by atoms with Crippen LogP contribution in [0.4, 0.5) is 0 Å². The van der Waals surface area contributed by atoms with Crippen molar-refractivity contribution in [2.45, 2.75) is 38.3 Å². The molecule has 1 atom stereocenters. The van der Waals surface area contributed by atoms with Gasteiger partial charge in [0.05, 0.1) is 0 Å². The summed E-state index contributed by atoms with van der Waals surface area (Å²) in [5.41, 5.74) is 1.25. The Balaban J connectivity index is 1.68. The van der Waals surface area contributed by atoms with Gasteiger partial charge in [0.1, 0.15) is 18.5 Å². The number of hydrogen-bond donors (Lipinski definition) is 2. The highest BCUT2D eigenvalue weighted by molar-refractivity contribution is 5.28. The molecule has 0 aliphatic heterocycles. The van der Waals surface area contributed by atoms with E-state index in [0.29, 0.717) is 19.2 Å². The molecule has 1 unspecified atom stereocenters. The summed E-state index contributed by atoms with van der Waals surface area (Å²) in [5, 5.41) is 13.2. The SMILES string of the molecule is CCc1cccc(OCC(O)CNC2CC=CC2)c1. The van der Waals surface area contributed by atoms with Crippen LogP contribution in [0.2, 0.25) is 0 Å². The van der Waals surface area contributed by atoms with Crippen LogP contribution in [0.3, 0.4) is 0 Å². The van der Waals surface area contributed by atoms with Gasteiger partial charge in [-0.25, -0.2) is 0 Å². The Kier molecular flexibility index (Phi) is 5.43. The average molecular weight is 261 g/mol. The lowest BCUT2D eigenvalue weighted by atomic mass is 10.2. The Morgan fingerprint density at radius 3 is 2.89 bits per heavy atom. The molecule has 0 saturated carbocycles. The van der Waals surface area contributed by atoms with E-state index in [4.69, 9.17) is 4.74 Å². The summed E-state index contributed by atoms with van der Waals surface area (Å²) in [7, 11) is 0. The Morgan fingerprint density at radius 1 is 1.37 bits per heavy atom. The summed E-state index contributed by atoms with van der Waals surface area (Å²) in [6, 6.07) is 8.51. The molecule has 1 aliphatic carbocycles. The third-order valence-electron chi connectivity index (χ3n) is 3.40. The predicted octanol–water partition coefficient (Wildman–Crippen LogP) is 2.30. The Hall–Kier alpha value is -1.32. The zero-order chi connectivity index (χ0) is 13.5. The van der Waals surface area contributed by atoms with Gasteiger partial charge >= 0.3 is 0 Å². The lowest BCUT2D eigenvalue weighted by Gasteiger charge is -2.17. The summed E-state index contributed by atoms with van der Waals surface area (Å²) >= 11 is 0. The minimum Gasteiger partial charge on any atom is -0.491 e. The van der Waals surface area contributed by atoms with Gasteiger partial charge in [0.2, 0.25) is 0 Å². The fourth-order valence-electron chi connectivity index (χ4n) is 2.19. The van der Waals surface area contributed by atoms with Crippen LogP contribution in [0.1, 0.15) is 25.3 Å². The zero-order valence-corrected chi connectivity index (χ0v) is 11.5. The first kappa shape index (κ1) is 14.1. The van der Waals surface area contributed by atoms with Gasteiger partial charge in [-0.05, 0) is 37.0 Å². The van der Waals surface area contributed by atoms with Crippen LogP contribution >= 0.6 is 0 Å². The van der Waals surface area contributed by atoms with E-state index in [1.807, 2.05) is 18.2 Å². The van der Waals surface area contributed by atoms with Crippen molar-refractivity contribution >= 4 is 0 Å². The van der Waals surface area contributed by atoms with Gasteiger partial charge < -0.3 is 15.2 Å². The Morgan fingerprint density at radius 2 is 2.16 bits per heavy atom. The van der Waals surface area contributed by atoms with Crippen LogP contribution in [0.25, 0.3) is 0 Å². The quantitative estimate of drug-likeness (QED) is 0.740. The van der Waals surface area contributed by atoms with Crippen molar-refractivity contribution in [2.75, 3.05) is 13.2 Å². The summed E-state index contributed by atoms with van der Waals surface area (Å²) in [6.07, 6.45) is 7.01. The van der Waals surface area contributed by atoms with Crippen LogP contribution in [-0.4, -0.2) is 30.4 Å². The average Bonchev–Trinajstić information content (AvgIpc) is 2.96. The smallest absolute Gasteiger partial charge is 0.119 e.